The van der Waals surface area contributed by atoms with Crippen LogP contribution in [-0.4, -0.2) is 32.8 Å². The lowest BCUT2D eigenvalue weighted by Gasteiger charge is -2.34. The molecule has 0 saturated carbocycles. The number of hydrogen-bond acceptors (Lipinski definition) is 4. The predicted octanol–water partition coefficient (Wildman–Crippen LogP) is 4.80. The number of nitrogens with zero attached hydrogens (tertiary/aromatic N) is 2. The first kappa shape index (κ1) is 22.0. The van der Waals surface area contributed by atoms with Crippen LogP contribution in [0.1, 0.15) is 33.6 Å². The molecule has 2 atom stereocenters. The number of para-hydroxylation sites is 1. The van der Waals surface area contributed by atoms with E-state index in [0.29, 0.717) is 16.8 Å². The molecule has 4 aromatic rings. The second kappa shape index (κ2) is 8.86. The molecule has 7 nitrogen and oxygen atoms in total. The molecule has 3 aromatic carbocycles. The highest BCUT2D eigenvalue weighted by Crippen LogP contribution is 2.38. The van der Waals surface area contributed by atoms with Gasteiger partial charge in [0.15, 0.2) is 6.04 Å². The number of hydrogen-bond donors (Lipinski definition) is 2. The molecule has 0 radical (unpaired) electrons. The summed E-state index contributed by atoms with van der Waals surface area (Å²) < 4.78 is 0.788. The SMILES string of the molecule is O=C(O)C(c1ccccc1)N1C(=O)c2cc(I)ccc2NC(=O)C1c1cnc2ccccc2c1. The molecule has 1 aliphatic heterocycles. The van der Waals surface area contributed by atoms with Gasteiger partial charge in [0.25, 0.3) is 11.8 Å². The van der Waals surface area contributed by atoms with Gasteiger partial charge in [-0.2, -0.15) is 0 Å². The fraction of sp³-hybridized carbons (Fsp3) is 0.0769. The van der Waals surface area contributed by atoms with E-state index in [4.69, 9.17) is 0 Å². The van der Waals surface area contributed by atoms with Gasteiger partial charge in [0.1, 0.15) is 6.04 Å². The second-order valence-electron chi connectivity index (χ2n) is 7.91. The lowest BCUT2D eigenvalue weighted by Crippen LogP contribution is -2.44. The second-order valence-corrected chi connectivity index (χ2v) is 9.15. The lowest BCUT2D eigenvalue weighted by atomic mass is 9.98. The third-order valence-corrected chi connectivity index (χ3v) is 6.46. The van der Waals surface area contributed by atoms with Crippen molar-refractivity contribution >= 4 is 57.0 Å². The number of carboxylic acids is 1. The van der Waals surface area contributed by atoms with Crippen molar-refractivity contribution in [3.8, 4) is 0 Å². The van der Waals surface area contributed by atoms with Gasteiger partial charge >= 0.3 is 5.97 Å². The summed E-state index contributed by atoms with van der Waals surface area (Å²) in [7, 11) is 0. The number of benzene rings is 3. The number of halogens is 1. The quantitative estimate of drug-likeness (QED) is 0.348. The Hall–Kier alpha value is -3.79. The molecule has 0 fully saturated rings. The van der Waals surface area contributed by atoms with Gasteiger partial charge < -0.3 is 15.3 Å². The zero-order chi connectivity index (χ0) is 23.8. The van der Waals surface area contributed by atoms with E-state index in [-0.39, 0.29) is 5.56 Å². The van der Waals surface area contributed by atoms with Gasteiger partial charge in [0.05, 0.1) is 16.8 Å². The van der Waals surface area contributed by atoms with Crippen LogP contribution in [0.5, 0.6) is 0 Å². The van der Waals surface area contributed by atoms with Crippen LogP contribution in [0.15, 0.2) is 85.1 Å². The number of amides is 2. The van der Waals surface area contributed by atoms with E-state index in [1.807, 2.05) is 24.3 Å². The van der Waals surface area contributed by atoms with Crippen molar-refractivity contribution in [2.45, 2.75) is 12.1 Å². The molecule has 0 aliphatic carbocycles. The smallest absolute Gasteiger partial charge is 0.331 e. The van der Waals surface area contributed by atoms with Crippen LogP contribution in [-0.2, 0) is 9.59 Å². The van der Waals surface area contributed by atoms with Gasteiger partial charge in [-0.1, -0.05) is 48.5 Å². The van der Waals surface area contributed by atoms with Gasteiger partial charge in [-0.15, -0.1) is 0 Å². The zero-order valence-corrected chi connectivity index (χ0v) is 19.8. The maximum atomic E-state index is 13.9. The summed E-state index contributed by atoms with van der Waals surface area (Å²) in [6.45, 7) is 0. The molecule has 2 N–H and O–H groups in total. The summed E-state index contributed by atoms with van der Waals surface area (Å²) in [5.41, 5.74) is 2.12. The van der Waals surface area contributed by atoms with E-state index < -0.39 is 29.9 Å². The fourth-order valence-corrected chi connectivity index (χ4v) is 4.75. The first-order valence-corrected chi connectivity index (χ1v) is 11.6. The lowest BCUT2D eigenvalue weighted by molar-refractivity contribution is -0.144. The predicted molar refractivity (Wildman–Crippen MR) is 135 cm³/mol. The van der Waals surface area contributed by atoms with Crippen molar-refractivity contribution in [3.63, 3.8) is 0 Å². The molecular formula is C26H18IN3O4. The Kier molecular flexibility index (Phi) is 5.74. The van der Waals surface area contributed by atoms with Crippen LogP contribution in [0.4, 0.5) is 5.69 Å². The number of nitrogens with one attached hydrogen (secondary N) is 1. The fourth-order valence-electron chi connectivity index (χ4n) is 4.26. The van der Waals surface area contributed by atoms with Crippen LogP contribution >= 0.6 is 22.6 Å². The molecule has 1 aromatic heterocycles. The Morgan fingerprint density at radius 2 is 1.74 bits per heavy atom. The average molecular weight is 563 g/mol. The van der Waals surface area contributed by atoms with Crippen LogP contribution in [0.3, 0.4) is 0 Å². The Bertz CT molecular complexity index is 1440. The highest BCUT2D eigenvalue weighted by molar-refractivity contribution is 14.1. The Morgan fingerprint density at radius 3 is 2.50 bits per heavy atom. The van der Waals surface area contributed by atoms with Crippen molar-refractivity contribution in [1.82, 2.24) is 9.88 Å². The van der Waals surface area contributed by atoms with Crippen molar-refractivity contribution in [3.05, 3.63) is 105 Å². The summed E-state index contributed by atoms with van der Waals surface area (Å²) in [6.07, 6.45) is 1.52. The number of carboxylic acid groups (broad SMARTS) is 1. The molecule has 168 valence electrons. The molecule has 2 unspecified atom stereocenters. The van der Waals surface area contributed by atoms with Crippen LogP contribution in [0.2, 0.25) is 0 Å². The third-order valence-electron chi connectivity index (χ3n) is 5.79. The number of carbonyl (C=O) groups excluding carboxylic acids is 2. The Balaban J connectivity index is 1.75. The van der Waals surface area contributed by atoms with Gasteiger partial charge in [-0.3, -0.25) is 14.6 Å². The van der Waals surface area contributed by atoms with Gasteiger partial charge in [0, 0.05) is 20.7 Å². The monoisotopic (exact) mass is 563 g/mol. The van der Waals surface area contributed by atoms with E-state index in [2.05, 4.69) is 32.9 Å². The zero-order valence-electron chi connectivity index (χ0n) is 17.7. The van der Waals surface area contributed by atoms with E-state index >= 15 is 0 Å². The van der Waals surface area contributed by atoms with Gasteiger partial charge in [-0.05, 0) is 58.5 Å². The topological polar surface area (TPSA) is 99.6 Å². The van der Waals surface area contributed by atoms with Crippen LogP contribution in [0.25, 0.3) is 10.9 Å². The van der Waals surface area contributed by atoms with E-state index in [1.165, 1.54) is 6.20 Å². The van der Waals surface area contributed by atoms with Gasteiger partial charge in [-0.25, -0.2) is 4.79 Å². The van der Waals surface area contributed by atoms with Crippen LogP contribution < -0.4 is 5.32 Å². The summed E-state index contributed by atoms with van der Waals surface area (Å²) in [6, 6.07) is 20.1. The van der Waals surface area contributed by atoms with Crippen molar-refractivity contribution < 1.29 is 19.5 Å². The van der Waals surface area contributed by atoms with Crippen molar-refractivity contribution in [2.75, 3.05) is 5.32 Å². The van der Waals surface area contributed by atoms with E-state index in [9.17, 15) is 19.5 Å². The van der Waals surface area contributed by atoms with E-state index in [0.717, 1.165) is 19.4 Å². The largest absolute Gasteiger partial charge is 0.479 e. The van der Waals surface area contributed by atoms with Crippen LogP contribution in [0, 0.1) is 3.57 Å². The summed E-state index contributed by atoms with van der Waals surface area (Å²) in [5.74, 6) is -2.30. The number of rotatable bonds is 4. The maximum Gasteiger partial charge on any atom is 0.331 e. The number of aromatic nitrogens is 1. The number of anilines is 1. The number of pyridine rings is 1. The van der Waals surface area contributed by atoms with Crippen molar-refractivity contribution in [2.24, 2.45) is 0 Å². The molecule has 2 heterocycles. The maximum absolute atomic E-state index is 13.9. The third kappa shape index (κ3) is 3.90. The molecule has 0 saturated heterocycles. The minimum absolute atomic E-state index is 0.235. The molecule has 34 heavy (non-hydrogen) atoms. The number of fused-ring (bicyclic) bond motifs is 2. The molecule has 1 aliphatic rings. The molecule has 8 heteroatoms. The van der Waals surface area contributed by atoms with Gasteiger partial charge in [0.2, 0.25) is 0 Å². The summed E-state index contributed by atoms with van der Waals surface area (Å²) in [4.78, 5) is 45.7. The molecule has 2 amide bonds. The minimum Gasteiger partial charge on any atom is -0.479 e. The number of carbonyl (C=O) groups is 3. The molecule has 5 rings (SSSR count). The summed E-state index contributed by atoms with van der Waals surface area (Å²) >= 11 is 2.08. The Labute approximate surface area is 208 Å². The highest BCUT2D eigenvalue weighted by atomic mass is 127. The van der Waals surface area contributed by atoms with Crippen molar-refractivity contribution in [1.29, 1.82) is 0 Å². The standard InChI is InChI=1S/C26H18IN3O4/c27-18-10-11-21-19(13-18)25(32)30(23(26(33)34)15-6-2-1-3-7-15)22(24(31)29-21)17-12-16-8-4-5-9-20(16)28-14-17/h1-14,22-23H,(H,29,31)(H,33,34). The minimum atomic E-state index is -1.39. The highest BCUT2D eigenvalue weighted by Gasteiger charge is 2.44. The summed E-state index contributed by atoms with van der Waals surface area (Å²) in [5, 5.41) is 13.9. The normalized spacial score (nSPS) is 16.5. The Morgan fingerprint density at radius 1 is 1.00 bits per heavy atom. The molecule has 0 bridgehead atoms. The first-order chi connectivity index (χ1) is 16.4. The average Bonchev–Trinajstić information content (AvgIpc) is 2.94. The van der Waals surface area contributed by atoms with E-state index in [1.54, 1.807) is 54.6 Å². The number of aliphatic carboxylic acids is 1. The first-order valence-electron chi connectivity index (χ1n) is 10.5. The molecular weight excluding hydrogens is 545 g/mol. The molecule has 0 spiro atoms.